The number of nitrogens with zero attached hydrogens (tertiary/aromatic N) is 1. The van der Waals surface area contributed by atoms with Crippen LogP contribution in [0.15, 0.2) is 18.2 Å². The fourth-order valence-electron chi connectivity index (χ4n) is 1.87. The van der Waals surface area contributed by atoms with E-state index in [1.807, 2.05) is 19.1 Å². The first-order valence-corrected chi connectivity index (χ1v) is 7.62. The summed E-state index contributed by atoms with van der Waals surface area (Å²) in [4.78, 5) is 25.7. The Labute approximate surface area is 137 Å². The predicted octanol–water partition coefficient (Wildman–Crippen LogP) is 4.02. The number of hydrogen-bond acceptors (Lipinski definition) is 3. The van der Waals surface area contributed by atoms with Crippen LogP contribution in [0.1, 0.15) is 38.8 Å². The van der Waals surface area contributed by atoms with Crippen LogP contribution in [0.3, 0.4) is 0 Å². The Morgan fingerprint density at radius 2 is 1.91 bits per heavy atom. The van der Waals surface area contributed by atoms with E-state index in [-0.39, 0.29) is 12.2 Å². The molecular formula is C17H24ClNO3. The van der Waals surface area contributed by atoms with E-state index in [1.54, 1.807) is 40.8 Å². The molecule has 0 aromatic heterocycles. The number of Topliss-reactive ketones (excluding diaryl/α,β-unsaturated/α-hetero) is 1. The van der Waals surface area contributed by atoms with Gasteiger partial charge in [0, 0.05) is 18.5 Å². The number of ketones is 1. The smallest absolute Gasteiger partial charge is 0.410 e. The van der Waals surface area contributed by atoms with Crippen LogP contribution < -0.4 is 0 Å². The van der Waals surface area contributed by atoms with E-state index >= 15 is 0 Å². The van der Waals surface area contributed by atoms with Crippen molar-refractivity contribution in [3.05, 3.63) is 34.3 Å². The van der Waals surface area contributed by atoms with Gasteiger partial charge in [0.15, 0.2) is 5.78 Å². The third-order valence-electron chi connectivity index (χ3n) is 3.33. The van der Waals surface area contributed by atoms with E-state index in [4.69, 9.17) is 16.3 Å². The Balaban J connectivity index is 2.71. The van der Waals surface area contributed by atoms with Crippen LogP contribution in [0.5, 0.6) is 0 Å². The minimum Gasteiger partial charge on any atom is -0.444 e. The molecule has 0 bridgehead atoms. The van der Waals surface area contributed by atoms with Gasteiger partial charge in [-0.2, -0.15) is 0 Å². The van der Waals surface area contributed by atoms with Crippen molar-refractivity contribution in [2.45, 2.75) is 52.7 Å². The average molecular weight is 326 g/mol. The van der Waals surface area contributed by atoms with E-state index in [1.165, 1.54) is 4.90 Å². The van der Waals surface area contributed by atoms with Crippen LogP contribution in [-0.4, -0.2) is 35.5 Å². The summed E-state index contributed by atoms with van der Waals surface area (Å²) < 4.78 is 5.27. The van der Waals surface area contributed by atoms with Gasteiger partial charge in [0.1, 0.15) is 5.60 Å². The molecule has 1 rings (SSSR count). The lowest BCUT2D eigenvalue weighted by Crippen LogP contribution is -2.43. The summed E-state index contributed by atoms with van der Waals surface area (Å²) in [5.41, 5.74) is 1.23. The molecule has 1 unspecified atom stereocenters. The lowest BCUT2D eigenvalue weighted by atomic mass is 10.0. The average Bonchev–Trinajstić information content (AvgIpc) is 2.39. The van der Waals surface area contributed by atoms with Crippen LogP contribution in [0.4, 0.5) is 4.79 Å². The van der Waals surface area contributed by atoms with Crippen molar-refractivity contribution < 1.29 is 14.3 Å². The van der Waals surface area contributed by atoms with Crippen LogP contribution in [0.25, 0.3) is 0 Å². The zero-order valence-corrected chi connectivity index (χ0v) is 14.8. The molecule has 1 atom stereocenters. The van der Waals surface area contributed by atoms with Gasteiger partial charge in [-0.1, -0.05) is 23.7 Å². The summed E-state index contributed by atoms with van der Waals surface area (Å²) in [6.07, 6.45) is -0.243. The lowest BCUT2D eigenvalue weighted by Gasteiger charge is -2.28. The Bertz CT molecular complexity index is 564. The summed E-state index contributed by atoms with van der Waals surface area (Å²) in [5, 5.41) is 0.676. The van der Waals surface area contributed by atoms with Crippen molar-refractivity contribution in [3.8, 4) is 0 Å². The van der Waals surface area contributed by atoms with E-state index in [0.717, 1.165) is 11.1 Å². The van der Waals surface area contributed by atoms with E-state index in [9.17, 15) is 9.59 Å². The summed E-state index contributed by atoms with van der Waals surface area (Å²) >= 11 is 5.98. The standard InChI is InChI=1S/C17H24ClNO3/c1-11-9-13(7-8-14(11)18)10-15(20)12(2)19(6)16(21)22-17(3,4)5/h7-9,12H,10H2,1-6H3. The zero-order chi connectivity index (χ0) is 17.1. The molecule has 0 saturated heterocycles. The molecule has 1 aromatic carbocycles. The number of likely N-dealkylation sites (N-methyl/N-ethyl adjacent to an activating group) is 1. The number of carbonyl (C=O) groups excluding carboxylic acids is 2. The van der Waals surface area contributed by atoms with Gasteiger partial charge in [-0.05, 0) is 51.8 Å². The third kappa shape index (κ3) is 5.34. The highest BCUT2D eigenvalue weighted by Crippen LogP contribution is 2.18. The second-order valence-corrected chi connectivity index (χ2v) is 6.90. The number of aryl methyl sites for hydroxylation is 1. The monoisotopic (exact) mass is 325 g/mol. The summed E-state index contributed by atoms with van der Waals surface area (Å²) in [7, 11) is 1.57. The fraction of sp³-hybridized carbons (Fsp3) is 0.529. The highest BCUT2D eigenvalue weighted by atomic mass is 35.5. The van der Waals surface area contributed by atoms with Gasteiger partial charge in [0.25, 0.3) is 0 Å². The summed E-state index contributed by atoms with van der Waals surface area (Å²) in [6.45, 7) is 8.98. The minimum atomic E-state index is -0.582. The van der Waals surface area contributed by atoms with Crippen LogP contribution in [-0.2, 0) is 16.0 Å². The molecule has 0 heterocycles. The fourth-order valence-corrected chi connectivity index (χ4v) is 1.99. The first-order valence-electron chi connectivity index (χ1n) is 7.25. The normalized spacial score (nSPS) is 12.7. The first kappa shape index (κ1) is 18.5. The quantitative estimate of drug-likeness (QED) is 0.840. The van der Waals surface area contributed by atoms with Crippen LogP contribution in [0, 0.1) is 6.92 Å². The molecule has 0 radical (unpaired) electrons. The number of benzene rings is 1. The van der Waals surface area contributed by atoms with Crippen molar-refractivity contribution in [1.82, 2.24) is 4.90 Å². The van der Waals surface area contributed by atoms with Crippen LogP contribution >= 0.6 is 11.6 Å². The first-order chi connectivity index (χ1) is 10.0. The molecule has 4 nitrogen and oxygen atoms in total. The molecule has 0 saturated carbocycles. The molecule has 0 aliphatic carbocycles. The van der Waals surface area contributed by atoms with Gasteiger partial charge < -0.3 is 9.64 Å². The molecular weight excluding hydrogens is 302 g/mol. The molecule has 0 fully saturated rings. The highest BCUT2D eigenvalue weighted by Gasteiger charge is 2.26. The number of rotatable bonds is 4. The molecule has 0 aliphatic heterocycles. The van der Waals surface area contributed by atoms with Crippen LogP contribution in [0.2, 0.25) is 5.02 Å². The zero-order valence-electron chi connectivity index (χ0n) is 14.1. The van der Waals surface area contributed by atoms with Crippen molar-refractivity contribution >= 4 is 23.5 Å². The molecule has 22 heavy (non-hydrogen) atoms. The maximum atomic E-state index is 12.3. The number of ether oxygens (including phenoxy) is 1. The van der Waals surface area contributed by atoms with E-state index in [2.05, 4.69) is 0 Å². The molecule has 1 amide bonds. The maximum Gasteiger partial charge on any atom is 0.410 e. The van der Waals surface area contributed by atoms with Crippen molar-refractivity contribution in [1.29, 1.82) is 0 Å². The topological polar surface area (TPSA) is 46.6 Å². The van der Waals surface area contributed by atoms with Crippen molar-refractivity contribution in [2.24, 2.45) is 0 Å². The summed E-state index contributed by atoms with van der Waals surface area (Å²) in [6, 6.07) is 4.95. The number of amides is 1. The van der Waals surface area contributed by atoms with Gasteiger partial charge in [-0.3, -0.25) is 4.79 Å². The second kappa shape index (κ2) is 7.14. The molecule has 0 spiro atoms. The van der Waals surface area contributed by atoms with Gasteiger partial charge >= 0.3 is 6.09 Å². The Hall–Kier alpha value is -1.55. The van der Waals surface area contributed by atoms with Gasteiger partial charge in [-0.25, -0.2) is 4.79 Å². The van der Waals surface area contributed by atoms with Gasteiger partial charge in [0.05, 0.1) is 6.04 Å². The molecule has 1 aromatic rings. The van der Waals surface area contributed by atoms with E-state index in [0.29, 0.717) is 5.02 Å². The molecule has 0 aliphatic rings. The van der Waals surface area contributed by atoms with Gasteiger partial charge in [0.2, 0.25) is 0 Å². The third-order valence-corrected chi connectivity index (χ3v) is 3.75. The Morgan fingerprint density at radius 3 is 2.41 bits per heavy atom. The molecule has 122 valence electrons. The minimum absolute atomic E-state index is 0.0462. The van der Waals surface area contributed by atoms with Crippen molar-refractivity contribution in [2.75, 3.05) is 7.05 Å². The molecule has 5 heteroatoms. The highest BCUT2D eigenvalue weighted by molar-refractivity contribution is 6.31. The lowest BCUT2D eigenvalue weighted by molar-refractivity contribution is -0.122. The number of carbonyl (C=O) groups is 2. The largest absolute Gasteiger partial charge is 0.444 e. The van der Waals surface area contributed by atoms with E-state index < -0.39 is 17.7 Å². The second-order valence-electron chi connectivity index (χ2n) is 6.49. The number of halogens is 1. The predicted molar refractivity (Wildman–Crippen MR) is 88.4 cm³/mol. The summed E-state index contributed by atoms with van der Waals surface area (Å²) in [5.74, 6) is -0.0462. The SMILES string of the molecule is Cc1cc(CC(=O)C(C)N(C)C(=O)OC(C)(C)C)ccc1Cl. The number of hydrogen-bond donors (Lipinski definition) is 0. The Morgan fingerprint density at radius 1 is 1.32 bits per heavy atom. The van der Waals surface area contributed by atoms with Gasteiger partial charge in [-0.15, -0.1) is 0 Å². The Kier molecular flexibility index (Phi) is 6.00. The molecule has 0 N–H and O–H groups in total. The maximum absolute atomic E-state index is 12.3. The van der Waals surface area contributed by atoms with Crippen molar-refractivity contribution in [3.63, 3.8) is 0 Å².